The Labute approximate surface area is 117 Å². The predicted molar refractivity (Wildman–Crippen MR) is 76.4 cm³/mol. The van der Waals surface area contributed by atoms with Gasteiger partial charge in [0.25, 0.3) is 5.91 Å². The molecule has 20 heavy (non-hydrogen) atoms. The summed E-state index contributed by atoms with van der Waals surface area (Å²) in [5.41, 5.74) is 0.498. The molecule has 5 heteroatoms. The molecule has 0 spiro atoms. The SMILES string of the molecule is CCOc1cccnc1NC(=O)c1cccc(OC)c1. The molecule has 1 aromatic heterocycles. The number of rotatable bonds is 5. The zero-order valence-electron chi connectivity index (χ0n) is 11.4. The van der Waals surface area contributed by atoms with Crippen LogP contribution in [0.2, 0.25) is 0 Å². The lowest BCUT2D eigenvalue weighted by atomic mass is 10.2. The van der Waals surface area contributed by atoms with Crippen LogP contribution in [-0.2, 0) is 0 Å². The van der Waals surface area contributed by atoms with E-state index in [0.29, 0.717) is 29.5 Å². The second-order valence-electron chi connectivity index (χ2n) is 3.97. The summed E-state index contributed by atoms with van der Waals surface area (Å²) in [7, 11) is 1.56. The van der Waals surface area contributed by atoms with Crippen molar-refractivity contribution in [2.24, 2.45) is 0 Å². The number of nitrogens with zero attached hydrogens (tertiary/aromatic N) is 1. The Balaban J connectivity index is 2.19. The molecule has 2 rings (SSSR count). The van der Waals surface area contributed by atoms with Crippen molar-refractivity contribution < 1.29 is 14.3 Å². The molecule has 0 atom stereocenters. The lowest BCUT2D eigenvalue weighted by Crippen LogP contribution is -2.14. The zero-order chi connectivity index (χ0) is 14.4. The maximum atomic E-state index is 12.2. The summed E-state index contributed by atoms with van der Waals surface area (Å²) in [6.07, 6.45) is 1.60. The number of benzene rings is 1. The average molecular weight is 272 g/mol. The van der Waals surface area contributed by atoms with E-state index in [-0.39, 0.29) is 5.91 Å². The quantitative estimate of drug-likeness (QED) is 0.909. The molecule has 1 heterocycles. The fraction of sp³-hybridized carbons (Fsp3) is 0.200. The lowest BCUT2D eigenvalue weighted by molar-refractivity contribution is 0.102. The Hall–Kier alpha value is -2.56. The van der Waals surface area contributed by atoms with Crippen LogP contribution < -0.4 is 14.8 Å². The molecule has 0 aliphatic carbocycles. The Morgan fingerprint density at radius 3 is 2.90 bits per heavy atom. The van der Waals surface area contributed by atoms with Crippen molar-refractivity contribution in [2.45, 2.75) is 6.92 Å². The summed E-state index contributed by atoms with van der Waals surface area (Å²) in [4.78, 5) is 16.3. The minimum atomic E-state index is -0.261. The summed E-state index contributed by atoms with van der Waals surface area (Å²) >= 11 is 0. The van der Waals surface area contributed by atoms with Crippen molar-refractivity contribution in [3.05, 3.63) is 48.2 Å². The van der Waals surface area contributed by atoms with E-state index in [1.165, 1.54) is 0 Å². The summed E-state index contributed by atoms with van der Waals surface area (Å²) in [6, 6.07) is 10.4. The number of methoxy groups -OCH3 is 1. The van der Waals surface area contributed by atoms with Crippen LogP contribution in [0.5, 0.6) is 11.5 Å². The van der Waals surface area contributed by atoms with Gasteiger partial charge in [-0.2, -0.15) is 0 Å². The van der Waals surface area contributed by atoms with E-state index >= 15 is 0 Å². The van der Waals surface area contributed by atoms with Gasteiger partial charge in [-0.05, 0) is 37.3 Å². The second kappa shape index (κ2) is 6.56. The summed E-state index contributed by atoms with van der Waals surface area (Å²) < 4.78 is 10.5. The summed E-state index contributed by atoms with van der Waals surface area (Å²) in [5, 5.41) is 2.73. The molecule has 1 N–H and O–H groups in total. The van der Waals surface area contributed by atoms with Gasteiger partial charge in [-0.15, -0.1) is 0 Å². The maximum Gasteiger partial charge on any atom is 0.257 e. The largest absolute Gasteiger partial charge is 0.497 e. The van der Waals surface area contributed by atoms with Gasteiger partial charge in [0.1, 0.15) is 5.75 Å². The highest BCUT2D eigenvalue weighted by atomic mass is 16.5. The number of carbonyl (C=O) groups excluding carboxylic acids is 1. The highest BCUT2D eigenvalue weighted by Gasteiger charge is 2.11. The molecule has 1 aromatic carbocycles. The molecule has 0 fully saturated rings. The predicted octanol–water partition coefficient (Wildman–Crippen LogP) is 2.74. The number of anilines is 1. The van der Waals surface area contributed by atoms with Gasteiger partial charge in [0.05, 0.1) is 13.7 Å². The van der Waals surface area contributed by atoms with Crippen LogP contribution in [0.25, 0.3) is 0 Å². The Morgan fingerprint density at radius 2 is 2.15 bits per heavy atom. The Bertz CT molecular complexity index is 599. The van der Waals surface area contributed by atoms with Crippen molar-refractivity contribution in [3.8, 4) is 11.5 Å². The van der Waals surface area contributed by atoms with Crippen LogP contribution in [0.1, 0.15) is 17.3 Å². The minimum Gasteiger partial charge on any atom is -0.497 e. The fourth-order valence-corrected chi connectivity index (χ4v) is 1.70. The number of hydrogen-bond donors (Lipinski definition) is 1. The van der Waals surface area contributed by atoms with Gasteiger partial charge < -0.3 is 14.8 Å². The first-order valence-electron chi connectivity index (χ1n) is 6.27. The van der Waals surface area contributed by atoms with E-state index in [4.69, 9.17) is 9.47 Å². The van der Waals surface area contributed by atoms with E-state index in [2.05, 4.69) is 10.3 Å². The van der Waals surface area contributed by atoms with Crippen LogP contribution in [0.15, 0.2) is 42.6 Å². The van der Waals surface area contributed by atoms with Gasteiger partial charge in [-0.25, -0.2) is 4.98 Å². The normalized spacial score (nSPS) is 9.90. The van der Waals surface area contributed by atoms with Crippen molar-refractivity contribution >= 4 is 11.7 Å². The topological polar surface area (TPSA) is 60.5 Å². The number of pyridine rings is 1. The molecule has 0 saturated heterocycles. The molecule has 0 aliphatic heterocycles. The minimum absolute atomic E-state index is 0.261. The molecular weight excluding hydrogens is 256 g/mol. The van der Waals surface area contributed by atoms with Crippen molar-refractivity contribution in [3.63, 3.8) is 0 Å². The van der Waals surface area contributed by atoms with Gasteiger partial charge in [-0.3, -0.25) is 4.79 Å². The number of carbonyl (C=O) groups is 1. The molecule has 0 unspecified atom stereocenters. The average Bonchev–Trinajstić information content (AvgIpc) is 2.49. The van der Waals surface area contributed by atoms with Crippen molar-refractivity contribution in [2.75, 3.05) is 19.0 Å². The van der Waals surface area contributed by atoms with E-state index in [1.54, 1.807) is 49.7 Å². The van der Waals surface area contributed by atoms with E-state index in [1.807, 2.05) is 6.92 Å². The molecule has 0 saturated carbocycles. The van der Waals surface area contributed by atoms with Gasteiger partial charge in [-0.1, -0.05) is 6.07 Å². The van der Waals surface area contributed by atoms with Gasteiger partial charge in [0, 0.05) is 11.8 Å². The van der Waals surface area contributed by atoms with Gasteiger partial charge >= 0.3 is 0 Å². The summed E-state index contributed by atoms with van der Waals surface area (Å²) in [5.74, 6) is 1.32. The first kappa shape index (κ1) is 13.9. The van der Waals surface area contributed by atoms with Crippen LogP contribution in [-0.4, -0.2) is 24.6 Å². The molecule has 0 aliphatic rings. The molecule has 104 valence electrons. The number of ether oxygens (including phenoxy) is 2. The third-order valence-electron chi connectivity index (χ3n) is 2.63. The van der Waals surface area contributed by atoms with Gasteiger partial charge in [0.2, 0.25) is 0 Å². The number of aromatic nitrogens is 1. The molecule has 0 bridgehead atoms. The fourth-order valence-electron chi connectivity index (χ4n) is 1.70. The molecule has 1 amide bonds. The van der Waals surface area contributed by atoms with Crippen LogP contribution >= 0.6 is 0 Å². The standard InChI is InChI=1S/C15H16N2O3/c1-3-20-13-8-5-9-16-14(13)17-15(18)11-6-4-7-12(10-11)19-2/h4-10H,3H2,1-2H3,(H,16,17,18). The van der Waals surface area contributed by atoms with Crippen LogP contribution in [0.4, 0.5) is 5.82 Å². The molecular formula is C15H16N2O3. The smallest absolute Gasteiger partial charge is 0.257 e. The highest BCUT2D eigenvalue weighted by molar-refractivity contribution is 6.04. The molecule has 0 radical (unpaired) electrons. The summed E-state index contributed by atoms with van der Waals surface area (Å²) in [6.45, 7) is 2.38. The third kappa shape index (κ3) is 3.26. The van der Waals surface area contributed by atoms with Crippen molar-refractivity contribution in [1.82, 2.24) is 4.98 Å². The third-order valence-corrected chi connectivity index (χ3v) is 2.63. The number of nitrogens with one attached hydrogen (secondary N) is 1. The van der Waals surface area contributed by atoms with E-state index in [0.717, 1.165) is 0 Å². The maximum absolute atomic E-state index is 12.2. The van der Waals surface area contributed by atoms with E-state index in [9.17, 15) is 4.79 Å². The zero-order valence-corrected chi connectivity index (χ0v) is 11.4. The first-order chi connectivity index (χ1) is 9.74. The van der Waals surface area contributed by atoms with Crippen LogP contribution in [0, 0.1) is 0 Å². The monoisotopic (exact) mass is 272 g/mol. The lowest BCUT2D eigenvalue weighted by Gasteiger charge is -2.10. The number of hydrogen-bond acceptors (Lipinski definition) is 4. The first-order valence-corrected chi connectivity index (χ1v) is 6.27. The Kier molecular flexibility index (Phi) is 4.55. The number of amides is 1. The van der Waals surface area contributed by atoms with E-state index < -0.39 is 0 Å². The van der Waals surface area contributed by atoms with Crippen molar-refractivity contribution in [1.29, 1.82) is 0 Å². The highest BCUT2D eigenvalue weighted by Crippen LogP contribution is 2.22. The second-order valence-corrected chi connectivity index (χ2v) is 3.97. The molecule has 2 aromatic rings. The molecule has 5 nitrogen and oxygen atoms in total. The van der Waals surface area contributed by atoms with Crippen LogP contribution in [0.3, 0.4) is 0 Å². The van der Waals surface area contributed by atoms with Gasteiger partial charge in [0.15, 0.2) is 11.6 Å². The Morgan fingerprint density at radius 1 is 1.30 bits per heavy atom.